The molecule has 0 bridgehead atoms. The topological polar surface area (TPSA) is 176 Å². The minimum Gasteiger partial charge on any atom is -0.468 e. The van der Waals surface area contributed by atoms with E-state index in [4.69, 9.17) is 4.74 Å². The van der Waals surface area contributed by atoms with Crippen LogP contribution in [-0.4, -0.2) is 88.6 Å². The zero-order valence-corrected chi connectivity index (χ0v) is 45.1. The summed E-state index contributed by atoms with van der Waals surface area (Å²) in [6.07, 6.45) is 5.75. The number of amides is 4. The number of benzene rings is 6. The van der Waals surface area contributed by atoms with E-state index in [2.05, 4.69) is 62.6 Å². The van der Waals surface area contributed by atoms with Gasteiger partial charge in [-0.25, -0.2) is 0 Å². The van der Waals surface area contributed by atoms with Crippen molar-refractivity contribution in [1.29, 1.82) is 0 Å². The van der Waals surface area contributed by atoms with Gasteiger partial charge in [-0.05, 0) is 71.0 Å². The Morgan fingerprint density at radius 3 is 1.48 bits per heavy atom. The Hall–Kier alpha value is -7.78. The minimum atomic E-state index is -1.56. The Morgan fingerprint density at radius 2 is 1.05 bits per heavy atom. The Bertz CT molecular complexity index is 2820. The van der Waals surface area contributed by atoms with Crippen LogP contribution in [0.15, 0.2) is 219 Å². The van der Waals surface area contributed by atoms with E-state index in [9.17, 15) is 29.1 Å². The molecule has 1 heterocycles. The average Bonchev–Trinajstić information content (AvgIpc) is 3.50. The van der Waals surface area contributed by atoms with Crippen molar-refractivity contribution < 1.29 is 33.8 Å². The normalized spacial score (nSPS) is 12.9. The highest BCUT2D eigenvalue weighted by Crippen LogP contribution is 2.50. The van der Waals surface area contributed by atoms with Gasteiger partial charge in [0, 0.05) is 24.6 Å². The average molecular weight is 1070 g/mol. The summed E-state index contributed by atoms with van der Waals surface area (Å²) in [6, 6.07) is 61.8. The maximum atomic E-state index is 14.8. The number of hydrogen-bond acceptors (Lipinski definition) is 10. The highest BCUT2D eigenvalue weighted by molar-refractivity contribution is 8.00. The van der Waals surface area contributed by atoms with Crippen molar-refractivity contribution in [2.24, 2.45) is 0 Å². The van der Waals surface area contributed by atoms with Gasteiger partial charge in [0.15, 0.2) is 0 Å². The minimum absolute atomic E-state index is 0.00541. The molecule has 396 valence electrons. The number of thioether (sulfide) groups is 2. The molecule has 3 atom stereocenters. The van der Waals surface area contributed by atoms with E-state index >= 15 is 0 Å². The van der Waals surface area contributed by atoms with Crippen LogP contribution in [0.3, 0.4) is 0 Å². The zero-order chi connectivity index (χ0) is 54.5. The van der Waals surface area contributed by atoms with Crippen LogP contribution in [-0.2, 0) is 44.6 Å². The standard InChI is InChI=1S/C63H65N5O7S2/c1-61(2,60(74)65-44-57(71)75-3)68-59(73)55(45-77-63(50-32-16-7-17-33-50,51-34-18-8-19-35-51)52-36-20-9-21-37-52)67-58(72)54(41-46-25-24-39-64-43-46)66-56(70)42-53(69)38-22-23-40-76-62(47-26-10-4-11-27-47,48-28-12-5-13-29-48)49-30-14-6-15-31-49/h4-22,24-39,43,53-55,69H,23,40-42,44-45H2,1-3H3,(H,65,74)(H,66,70)(H,67,72)(H,68,73)/b38-22+/t53-,54-,55-/m1/s1. The monoisotopic (exact) mass is 1070 g/mol. The number of esters is 1. The van der Waals surface area contributed by atoms with Gasteiger partial charge in [0.05, 0.1) is 29.1 Å². The van der Waals surface area contributed by atoms with Gasteiger partial charge < -0.3 is 31.1 Å². The first-order valence-corrected chi connectivity index (χ1v) is 27.4. The smallest absolute Gasteiger partial charge is 0.325 e. The second-order valence-corrected chi connectivity index (χ2v) is 21.4. The molecule has 5 N–H and O–H groups in total. The summed E-state index contributed by atoms with van der Waals surface area (Å²) in [5, 5.41) is 22.4. The van der Waals surface area contributed by atoms with Crippen LogP contribution < -0.4 is 21.3 Å². The summed E-state index contributed by atoms with van der Waals surface area (Å²) in [6.45, 7) is 2.56. The molecule has 6 aromatic carbocycles. The molecule has 12 nitrogen and oxygen atoms in total. The van der Waals surface area contributed by atoms with Gasteiger partial charge in [-0.3, -0.25) is 29.0 Å². The highest BCUT2D eigenvalue weighted by atomic mass is 32.2. The SMILES string of the molecule is COC(=O)CNC(=O)C(C)(C)NC(=O)[C@@H](CSC(c1ccccc1)(c1ccccc1)c1ccccc1)NC(=O)[C@@H](Cc1cccnc1)NC(=O)C[C@H](O)/C=C/CCSC(c1ccccc1)(c1ccccc1)c1ccccc1. The second kappa shape index (κ2) is 27.8. The van der Waals surface area contributed by atoms with Gasteiger partial charge in [-0.2, -0.15) is 0 Å². The van der Waals surface area contributed by atoms with Gasteiger partial charge in [0.25, 0.3) is 0 Å². The maximum Gasteiger partial charge on any atom is 0.325 e. The van der Waals surface area contributed by atoms with Gasteiger partial charge >= 0.3 is 5.97 Å². The number of carbonyl (C=O) groups is 5. The number of allylic oxidation sites excluding steroid dienone is 1. The third-order valence-corrected chi connectivity index (χ3v) is 16.2. The number of hydrogen-bond donors (Lipinski definition) is 5. The van der Waals surface area contributed by atoms with Crippen molar-refractivity contribution in [2.45, 2.75) is 66.3 Å². The van der Waals surface area contributed by atoms with E-state index in [0.29, 0.717) is 17.7 Å². The van der Waals surface area contributed by atoms with Crippen LogP contribution in [0.1, 0.15) is 65.6 Å². The molecular weight excluding hydrogens is 1000 g/mol. The van der Waals surface area contributed by atoms with Crippen LogP contribution in [0.25, 0.3) is 0 Å². The fourth-order valence-electron chi connectivity index (χ4n) is 9.11. The molecule has 7 aromatic rings. The van der Waals surface area contributed by atoms with Crippen molar-refractivity contribution >= 4 is 53.1 Å². The molecule has 0 radical (unpaired) electrons. The zero-order valence-electron chi connectivity index (χ0n) is 43.4. The van der Waals surface area contributed by atoms with Crippen molar-refractivity contribution in [3.8, 4) is 0 Å². The molecule has 0 aliphatic carbocycles. The lowest BCUT2D eigenvalue weighted by Crippen LogP contribution is -2.61. The predicted molar refractivity (Wildman–Crippen MR) is 307 cm³/mol. The summed E-state index contributed by atoms with van der Waals surface area (Å²) in [4.78, 5) is 73.1. The summed E-state index contributed by atoms with van der Waals surface area (Å²) >= 11 is 3.22. The Morgan fingerprint density at radius 1 is 0.597 bits per heavy atom. The quantitative estimate of drug-likeness (QED) is 0.0152. The van der Waals surface area contributed by atoms with Crippen molar-refractivity contribution in [3.63, 3.8) is 0 Å². The predicted octanol–water partition coefficient (Wildman–Crippen LogP) is 8.93. The fraction of sp³-hybridized carbons (Fsp3) is 0.238. The maximum absolute atomic E-state index is 14.8. The summed E-state index contributed by atoms with van der Waals surface area (Å²) < 4.78 is 3.28. The van der Waals surface area contributed by atoms with Gasteiger partial charge in [0.1, 0.15) is 24.2 Å². The molecule has 0 saturated carbocycles. The summed E-state index contributed by atoms with van der Waals surface area (Å²) in [5.74, 6) is -2.62. The third-order valence-electron chi connectivity index (χ3n) is 13.0. The number of carbonyl (C=O) groups excluding carboxylic acids is 5. The lowest BCUT2D eigenvalue weighted by molar-refractivity contribution is -0.142. The number of nitrogens with zero attached hydrogens (tertiary/aromatic N) is 1. The molecule has 77 heavy (non-hydrogen) atoms. The molecule has 0 unspecified atom stereocenters. The number of nitrogens with one attached hydrogen (secondary N) is 4. The molecule has 14 heteroatoms. The fourth-order valence-corrected chi connectivity index (χ4v) is 12.1. The Labute approximate surface area is 459 Å². The van der Waals surface area contributed by atoms with Crippen molar-refractivity contribution in [1.82, 2.24) is 26.3 Å². The van der Waals surface area contributed by atoms with Crippen molar-refractivity contribution in [3.05, 3.63) is 258 Å². The van der Waals surface area contributed by atoms with Crippen LogP contribution in [0.2, 0.25) is 0 Å². The van der Waals surface area contributed by atoms with E-state index in [1.54, 1.807) is 42.4 Å². The van der Waals surface area contributed by atoms with Crippen molar-refractivity contribution in [2.75, 3.05) is 25.2 Å². The van der Waals surface area contributed by atoms with Gasteiger partial charge in [-0.15, -0.1) is 23.5 Å². The summed E-state index contributed by atoms with van der Waals surface area (Å²) in [5.41, 5.74) is 5.26. The number of aliphatic hydroxyl groups is 1. The van der Waals surface area contributed by atoms with Crippen LogP contribution in [0, 0.1) is 0 Å². The second-order valence-electron chi connectivity index (χ2n) is 18.8. The molecular formula is C63H65N5O7S2. The highest BCUT2D eigenvalue weighted by Gasteiger charge is 2.41. The number of ether oxygens (including phenoxy) is 1. The molecule has 1 aromatic heterocycles. The molecule has 0 aliphatic heterocycles. The number of pyridine rings is 1. The third kappa shape index (κ3) is 15.0. The largest absolute Gasteiger partial charge is 0.468 e. The number of rotatable bonds is 26. The van der Waals surface area contributed by atoms with E-state index in [0.717, 1.165) is 33.4 Å². The Balaban J connectivity index is 1.11. The number of methoxy groups -OCH3 is 1. The van der Waals surface area contributed by atoms with Gasteiger partial charge in [-0.1, -0.05) is 200 Å². The molecule has 0 aliphatic rings. The molecule has 0 spiro atoms. The molecule has 7 rings (SSSR count). The molecule has 0 fully saturated rings. The van der Waals surface area contributed by atoms with E-state index in [1.165, 1.54) is 32.7 Å². The summed E-state index contributed by atoms with van der Waals surface area (Å²) in [7, 11) is 1.20. The van der Waals surface area contributed by atoms with Gasteiger partial charge in [0.2, 0.25) is 23.6 Å². The van der Waals surface area contributed by atoms with Crippen LogP contribution in [0.5, 0.6) is 0 Å². The lowest BCUT2D eigenvalue weighted by atomic mass is 9.84. The van der Waals surface area contributed by atoms with Crippen LogP contribution >= 0.6 is 23.5 Å². The van der Waals surface area contributed by atoms with E-state index in [-0.39, 0.29) is 18.6 Å². The number of aliphatic hydroxyl groups excluding tert-OH is 1. The molecule has 0 saturated heterocycles. The number of aromatic nitrogens is 1. The first-order chi connectivity index (χ1) is 37.4. The lowest BCUT2D eigenvalue weighted by Gasteiger charge is -2.37. The first kappa shape index (κ1) is 56.9. The first-order valence-electron chi connectivity index (χ1n) is 25.5. The van der Waals surface area contributed by atoms with E-state index < -0.39 is 69.4 Å². The van der Waals surface area contributed by atoms with E-state index in [1.807, 2.05) is 152 Å². The Kier molecular flexibility index (Phi) is 20.6. The van der Waals surface area contributed by atoms with Crippen LogP contribution in [0.4, 0.5) is 0 Å². The molecule has 4 amide bonds.